The van der Waals surface area contributed by atoms with Crippen molar-refractivity contribution < 1.29 is 14.4 Å². The number of hydrogen-bond donors (Lipinski definition) is 4. The number of nitrogens with one attached hydrogen (secondary N) is 4. The molecular formula is C24H27N5O3S. The second kappa shape index (κ2) is 10.4. The highest BCUT2D eigenvalue weighted by molar-refractivity contribution is 7.98. The van der Waals surface area contributed by atoms with E-state index in [9.17, 15) is 14.4 Å². The molecule has 0 fully saturated rings. The Morgan fingerprint density at radius 3 is 2.79 bits per heavy atom. The maximum absolute atomic E-state index is 13.0. The lowest BCUT2D eigenvalue weighted by molar-refractivity contribution is -0.122. The Labute approximate surface area is 196 Å². The Morgan fingerprint density at radius 2 is 1.94 bits per heavy atom. The van der Waals surface area contributed by atoms with Crippen LogP contribution in [0.25, 0.3) is 10.9 Å². The lowest BCUT2D eigenvalue weighted by Gasteiger charge is -2.30. The summed E-state index contributed by atoms with van der Waals surface area (Å²) >= 11 is 1.61. The van der Waals surface area contributed by atoms with E-state index in [4.69, 9.17) is 0 Å². The van der Waals surface area contributed by atoms with Crippen LogP contribution in [0.2, 0.25) is 0 Å². The van der Waals surface area contributed by atoms with Gasteiger partial charge in [0.05, 0.1) is 11.4 Å². The first kappa shape index (κ1) is 22.7. The minimum Gasteiger partial charge on any atom is -0.361 e. The van der Waals surface area contributed by atoms with Gasteiger partial charge >= 0.3 is 6.03 Å². The van der Waals surface area contributed by atoms with Crippen molar-refractivity contribution in [3.63, 3.8) is 0 Å². The molecule has 1 aromatic heterocycles. The fourth-order valence-corrected chi connectivity index (χ4v) is 4.40. The average molecular weight is 466 g/mol. The van der Waals surface area contributed by atoms with Crippen molar-refractivity contribution >= 4 is 51.9 Å². The van der Waals surface area contributed by atoms with Crippen molar-refractivity contribution in [3.8, 4) is 0 Å². The molecule has 1 aliphatic heterocycles. The molecule has 3 aromatic rings. The molecule has 9 heteroatoms. The Morgan fingerprint density at radius 1 is 1.15 bits per heavy atom. The molecule has 1 atom stereocenters. The fourth-order valence-electron chi connectivity index (χ4n) is 3.93. The fraction of sp³-hybridized carbons (Fsp3) is 0.292. The van der Waals surface area contributed by atoms with E-state index in [2.05, 4.69) is 27.0 Å². The molecule has 4 rings (SSSR count). The molecule has 2 heterocycles. The minimum absolute atomic E-state index is 0.0969. The van der Waals surface area contributed by atoms with E-state index in [1.54, 1.807) is 36.0 Å². The number of H-pyrrole nitrogens is 1. The van der Waals surface area contributed by atoms with Crippen molar-refractivity contribution in [2.45, 2.75) is 18.9 Å². The number of aromatic amines is 1. The van der Waals surface area contributed by atoms with Crippen LogP contribution in [0.15, 0.2) is 54.7 Å². The van der Waals surface area contributed by atoms with E-state index in [1.807, 2.05) is 30.7 Å². The summed E-state index contributed by atoms with van der Waals surface area (Å²) in [6, 6.07) is 14.0. The SMILES string of the molecule is CSCC[C@@H](NC(=O)N1CC(=O)Nc2ccccc21)C(=O)NCCc1c[nH]c2ccccc12. The van der Waals surface area contributed by atoms with Crippen LogP contribution in [0, 0.1) is 0 Å². The zero-order chi connectivity index (χ0) is 23.2. The molecule has 4 N–H and O–H groups in total. The van der Waals surface area contributed by atoms with Gasteiger partial charge in [-0.3, -0.25) is 14.5 Å². The van der Waals surface area contributed by atoms with Gasteiger partial charge in [0.2, 0.25) is 11.8 Å². The lowest BCUT2D eigenvalue weighted by atomic mass is 10.1. The number of nitrogens with zero attached hydrogens (tertiary/aromatic N) is 1. The number of carbonyl (C=O) groups excluding carboxylic acids is 3. The number of hydrogen-bond acceptors (Lipinski definition) is 4. The second-order valence-electron chi connectivity index (χ2n) is 7.84. The molecular weight excluding hydrogens is 438 g/mol. The molecule has 0 saturated heterocycles. The summed E-state index contributed by atoms with van der Waals surface area (Å²) in [6.45, 7) is 0.363. The Kier molecular flexibility index (Phi) is 7.19. The van der Waals surface area contributed by atoms with E-state index in [-0.39, 0.29) is 18.4 Å². The number of rotatable bonds is 8. The summed E-state index contributed by atoms with van der Waals surface area (Å²) in [4.78, 5) is 42.6. The number of fused-ring (bicyclic) bond motifs is 2. The van der Waals surface area contributed by atoms with Crippen LogP contribution in [0.3, 0.4) is 0 Å². The van der Waals surface area contributed by atoms with Gasteiger partial charge in [-0.1, -0.05) is 30.3 Å². The van der Waals surface area contributed by atoms with Gasteiger partial charge in [0.25, 0.3) is 0 Å². The predicted molar refractivity (Wildman–Crippen MR) is 133 cm³/mol. The Hall–Kier alpha value is -3.46. The molecule has 0 aliphatic carbocycles. The molecule has 172 valence electrons. The summed E-state index contributed by atoms with van der Waals surface area (Å²) < 4.78 is 0. The molecule has 1 aliphatic rings. The highest BCUT2D eigenvalue weighted by Gasteiger charge is 2.29. The van der Waals surface area contributed by atoms with Crippen LogP contribution in [-0.2, 0) is 16.0 Å². The molecule has 33 heavy (non-hydrogen) atoms. The van der Waals surface area contributed by atoms with Crippen LogP contribution < -0.4 is 20.9 Å². The zero-order valence-electron chi connectivity index (χ0n) is 18.4. The van der Waals surface area contributed by atoms with E-state index < -0.39 is 12.1 Å². The third-order valence-electron chi connectivity index (χ3n) is 5.61. The number of para-hydroxylation sites is 3. The number of thioether (sulfide) groups is 1. The lowest BCUT2D eigenvalue weighted by Crippen LogP contribution is -2.54. The first-order valence-electron chi connectivity index (χ1n) is 10.9. The minimum atomic E-state index is -0.690. The normalized spacial score (nSPS) is 13.8. The molecule has 0 saturated carbocycles. The molecule has 0 unspecified atom stereocenters. The first-order valence-corrected chi connectivity index (χ1v) is 12.2. The van der Waals surface area contributed by atoms with Crippen LogP contribution in [0.1, 0.15) is 12.0 Å². The van der Waals surface area contributed by atoms with Crippen molar-refractivity contribution in [1.29, 1.82) is 0 Å². The molecule has 0 bridgehead atoms. The number of amides is 4. The van der Waals surface area contributed by atoms with Crippen molar-refractivity contribution in [2.75, 3.05) is 35.3 Å². The smallest absolute Gasteiger partial charge is 0.323 e. The van der Waals surface area contributed by atoms with E-state index in [1.165, 1.54) is 4.90 Å². The van der Waals surface area contributed by atoms with Crippen LogP contribution >= 0.6 is 11.8 Å². The summed E-state index contributed by atoms with van der Waals surface area (Å²) in [7, 11) is 0. The highest BCUT2D eigenvalue weighted by atomic mass is 32.2. The maximum Gasteiger partial charge on any atom is 0.323 e. The number of carbonyl (C=O) groups is 3. The third-order valence-corrected chi connectivity index (χ3v) is 6.25. The Balaban J connectivity index is 1.39. The van der Waals surface area contributed by atoms with Crippen molar-refractivity contribution in [3.05, 3.63) is 60.3 Å². The van der Waals surface area contributed by atoms with Crippen molar-refractivity contribution in [2.24, 2.45) is 0 Å². The highest BCUT2D eigenvalue weighted by Crippen LogP contribution is 2.28. The van der Waals surface area contributed by atoms with Gasteiger partial charge in [-0.25, -0.2) is 4.79 Å². The zero-order valence-corrected chi connectivity index (χ0v) is 19.2. The van der Waals surface area contributed by atoms with Gasteiger partial charge in [-0.05, 0) is 48.6 Å². The van der Waals surface area contributed by atoms with Crippen LogP contribution in [0.4, 0.5) is 16.2 Å². The van der Waals surface area contributed by atoms with Gasteiger partial charge in [0, 0.05) is 23.6 Å². The summed E-state index contributed by atoms with van der Waals surface area (Å²) in [5.41, 5.74) is 3.38. The number of aromatic nitrogens is 1. The van der Waals surface area contributed by atoms with Gasteiger partial charge in [-0.15, -0.1) is 0 Å². The van der Waals surface area contributed by atoms with E-state index in [0.29, 0.717) is 30.8 Å². The topological polar surface area (TPSA) is 106 Å². The third kappa shape index (κ3) is 5.31. The number of urea groups is 1. The Bertz CT molecular complexity index is 1160. The summed E-state index contributed by atoms with van der Waals surface area (Å²) in [5.74, 6) is 0.220. The molecule has 2 aromatic carbocycles. The summed E-state index contributed by atoms with van der Waals surface area (Å²) in [5, 5.41) is 9.69. The predicted octanol–water partition coefficient (Wildman–Crippen LogP) is 3.12. The molecule has 0 radical (unpaired) electrons. The molecule has 4 amide bonds. The molecule has 8 nitrogen and oxygen atoms in total. The first-order chi connectivity index (χ1) is 16.1. The van der Waals surface area contributed by atoms with Gasteiger partial charge < -0.3 is 20.9 Å². The number of benzene rings is 2. The summed E-state index contributed by atoms with van der Waals surface area (Å²) in [6.07, 6.45) is 5.09. The van der Waals surface area contributed by atoms with Crippen LogP contribution in [0.5, 0.6) is 0 Å². The average Bonchev–Trinajstić information content (AvgIpc) is 3.24. The standard InChI is InChI=1S/C24H27N5O3S/c1-33-13-11-20(23(31)25-12-10-16-14-26-18-7-3-2-6-17(16)18)28-24(32)29-15-22(30)27-19-8-4-5-9-21(19)29/h2-9,14,20,26H,10-13,15H2,1H3,(H,25,31)(H,27,30)(H,28,32)/t20-/m1/s1. The monoisotopic (exact) mass is 465 g/mol. The second-order valence-corrected chi connectivity index (χ2v) is 8.82. The van der Waals surface area contributed by atoms with E-state index in [0.717, 1.165) is 22.2 Å². The van der Waals surface area contributed by atoms with E-state index >= 15 is 0 Å². The van der Waals surface area contributed by atoms with Gasteiger partial charge in [-0.2, -0.15) is 11.8 Å². The van der Waals surface area contributed by atoms with Gasteiger partial charge in [0.15, 0.2) is 0 Å². The van der Waals surface area contributed by atoms with Crippen LogP contribution in [-0.4, -0.2) is 54.0 Å². The molecule has 0 spiro atoms. The largest absolute Gasteiger partial charge is 0.361 e. The van der Waals surface area contributed by atoms with Crippen molar-refractivity contribution in [1.82, 2.24) is 15.6 Å². The maximum atomic E-state index is 13.0. The van der Waals surface area contributed by atoms with Gasteiger partial charge in [0.1, 0.15) is 12.6 Å². The number of anilines is 2. The quantitative estimate of drug-likeness (QED) is 0.410.